The van der Waals surface area contributed by atoms with Crippen LogP contribution in [0.15, 0.2) is 40.9 Å². The van der Waals surface area contributed by atoms with Gasteiger partial charge in [0.2, 0.25) is 0 Å². The van der Waals surface area contributed by atoms with Crippen LogP contribution in [0.2, 0.25) is 5.02 Å². The standard InChI is InChI=1S/C16H16BrClFNO/c1-20-14(11-6-12(17)9-13(18)7-11)8-10-4-3-5-15(21-2)16(10)19/h3-7,9,14,20H,8H2,1-2H3. The Morgan fingerprint density at radius 1 is 1.33 bits per heavy atom. The summed E-state index contributed by atoms with van der Waals surface area (Å²) in [5.74, 6) is -0.0593. The van der Waals surface area contributed by atoms with Gasteiger partial charge in [-0.3, -0.25) is 0 Å². The van der Waals surface area contributed by atoms with Gasteiger partial charge in [-0.1, -0.05) is 39.7 Å². The maximum Gasteiger partial charge on any atom is 0.168 e. The van der Waals surface area contributed by atoms with Crippen LogP contribution in [-0.4, -0.2) is 14.2 Å². The highest BCUT2D eigenvalue weighted by Crippen LogP contribution is 2.28. The quantitative estimate of drug-likeness (QED) is 0.817. The van der Waals surface area contributed by atoms with Crippen molar-refractivity contribution in [1.82, 2.24) is 5.32 Å². The lowest BCUT2D eigenvalue weighted by Crippen LogP contribution is -2.19. The summed E-state index contributed by atoms with van der Waals surface area (Å²) in [6.45, 7) is 0. The number of benzene rings is 2. The van der Waals surface area contributed by atoms with Crippen LogP contribution < -0.4 is 10.1 Å². The number of halogens is 3. The average Bonchev–Trinajstić information content (AvgIpc) is 2.45. The number of nitrogens with one attached hydrogen (secondary N) is 1. The zero-order chi connectivity index (χ0) is 15.4. The number of hydrogen-bond acceptors (Lipinski definition) is 2. The van der Waals surface area contributed by atoms with E-state index in [1.807, 2.05) is 25.2 Å². The first-order valence-electron chi connectivity index (χ1n) is 6.49. The maximum absolute atomic E-state index is 14.3. The van der Waals surface area contributed by atoms with Crippen molar-refractivity contribution in [3.8, 4) is 5.75 Å². The molecule has 0 aliphatic carbocycles. The van der Waals surface area contributed by atoms with Crippen LogP contribution in [0.25, 0.3) is 0 Å². The van der Waals surface area contributed by atoms with Crippen molar-refractivity contribution in [3.63, 3.8) is 0 Å². The highest BCUT2D eigenvalue weighted by atomic mass is 79.9. The molecule has 0 amide bonds. The number of ether oxygens (including phenoxy) is 1. The molecule has 5 heteroatoms. The minimum absolute atomic E-state index is 0.0402. The van der Waals surface area contributed by atoms with E-state index in [1.54, 1.807) is 18.2 Å². The van der Waals surface area contributed by atoms with E-state index in [-0.39, 0.29) is 17.6 Å². The lowest BCUT2D eigenvalue weighted by Gasteiger charge is -2.18. The molecule has 0 aromatic heterocycles. The van der Waals surface area contributed by atoms with E-state index in [1.165, 1.54) is 7.11 Å². The van der Waals surface area contributed by atoms with Gasteiger partial charge in [-0.2, -0.15) is 0 Å². The van der Waals surface area contributed by atoms with Gasteiger partial charge in [0.05, 0.1) is 7.11 Å². The molecule has 2 aromatic carbocycles. The average molecular weight is 373 g/mol. The monoisotopic (exact) mass is 371 g/mol. The summed E-state index contributed by atoms with van der Waals surface area (Å²) in [5.41, 5.74) is 1.60. The second-order valence-electron chi connectivity index (χ2n) is 4.68. The fraction of sp³-hybridized carbons (Fsp3) is 0.250. The third-order valence-corrected chi connectivity index (χ3v) is 4.00. The minimum atomic E-state index is -0.318. The fourth-order valence-electron chi connectivity index (χ4n) is 2.25. The summed E-state index contributed by atoms with van der Waals surface area (Å²) in [7, 11) is 3.31. The Balaban J connectivity index is 2.31. The molecule has 2 rings (SSSR count). The second-order valence-corrected chi connectivity index (χ2v) is 6.03. The van der Waals surface area contributed by atoms with Crippen molar-refractivity contribution in [2.45, 2.75) is 12.5 Å². The molecule has 0 bridgehead atoms. The van der Waals surface area contributed by atoms with Crippen molar-refractivity contribution in [2.24, 2.45) is 0 Å². The van der Waals surface area contributed by atoms with Gasteiger partial charge in [-0.05, 0) is 48.9 Å². The summed E-state index contributed by atoms with van der Waals surface area (Å²) < 4.78 is 20.2. The summed E-state index contributed by atoms with van der Waals surface area (Å²) >= 11 is 9.51. The van der Waals surface area contributed by atoms with Gasteiger partial charge in [0, 0.05) is 15.5 Å². The molecule has 0 spiro atoms. The summed E-state index contributed by atoms with van der Waals surface area (Å²) in [6, 6.07) is 10.8. The predicted octanol–water partition coefficient (Wildman–Crippen LogP) is 4.75. The van der Waals surface area contributed by atoms with E-state index in [9.17, 15) is 4.39 Å². The van der Waals surface area contributed by atoms with E-state index >= 15 is 0 Å². The van der Waals surface area contributed by atoms with Crippen molar-refractivity contribution in [1.29, 1.82) is 0 Å². The second kappa shape index (κ2) is 7.25. The molecule has 1 unspecified atom stereocenters. The van der Waals surface area contributed by atoms with Crippen molar-refractivity contribution in [2.75, 3.05) is 14.2 Å². The van der Waals surface area contributed by atoms with Crippen LogP contribution in [0.4, 0.5) is 4.39 Å². The van der Waals surface area contributed by atoms with Gasteiger partial charge >= 0.3 is 0 Å². The molecule has 0 saturated carbocycles. The predicted molar refractivity (Wildman–Crippen MR) is 87.6 cm³/mol. The molecular weight excluding hydrogens is 357 g/mol. The summed E-state index contributed by atoms with van der Waals surface area (Å²) in [6.07, 6.45) is 0.506. The molecule has 2 aromatic rings. The Bertz CT molecular complexity index is 615. The van der Waals surface area contributed by atoms with Crippen LogP contribution in [0.3, 0.4) is 0 Å². The lowest BCUT2D eigenvalue weighted by molar-refractivity contribution is 0.383. The summed E-state index contributed by atoms with van der Waals surface area (Å²) in [5, 5.41) is 3.84. The van der Waals surface area contributed by atoms with E-state index in [0.29, 0.717) is 17.0 Å². The maximum atomic E-state index is 14.3. The third kappa shape index (κ3) is 3.96. The van der Waals surface area contributed by atoms with Gasteiger partial charge in [0.15, 0.2) is 11.6 Å². The molecule has 0 heterocycles. The molecule has 21 heavy (non-hydrogen) atoms. The topological polar surface area (TPSA) is 21.3 Å². The molecule has 1 N–H and O–H groups in total. The van der Waals surface area contributed by atoms with E-state index in [4.69, 9.17) is 16.3 Å². The van der Waals surface area contributed by atoms with Crippen LogP contribution >= 0.6 is 27.5 Å². The number of rotatable bonds is 5. The molecule has 1 atom stereocenters. The molecular formula is C16H16BrClFNO. The van der Waals surface area contributed by atoms with Crippen LogP contribution in [0.5, 0.6) is 5.75 Å². The zero-order valence-electron chi connectivity index (χ0n) is 11.8. The molecule has 0 saturated heterocycles. The first kappa shape index (κ1) is 16.3. The highest BCUT2D eigenvalue weighted by molar-refractivity contribution is 9.10. The fourth-order valence-corrected chi connectivity index (χ4v) is 3.14. The smallest absolute Gasteiger partial charge is 0.168 e. The minimum Gasteiger partial charge on any atom is -0.494 e. The molecule has 0 fully saturated rings. The van der Waals surface area contributed by atoms with Crippen LogP contribution in [0, 0.1) is 5.82 Å². The van der Waals surface area contributed by atoms with Crippen LogP contribution in [-0.2, 0) is 6.42 Å². The largest absolute Gasteiger partial charge is 0.494 e. The van der Waals surface area contributed by atoms with E-state index < -0.39 is 0 Å². The Morgan fingerprint density at radius 2 is 2.10 bits per heavy atom. The summed E-state index contributed by atoms with van der Waals surface area (Å²) in [4.78, 5) is 0. The van der Waals surface area contributed by atoms with Crippen molar-refractivity contribution in [3.05, 3.63) is 62.8 Å². The lowest BCUT2D eigenvalue weighted by atomic mass is 9.98. The molecule has 2 nitrogen and oxygen atoms in total. The van der Waals surface area contributed by atoms with Gasteiger partial charge in [-0.15, -0.1) is 0 Å². The van der Waals surface area contributed by atoms with Crippen molar-refractivity contribution < 1.29 is 9.13 Å². The SMILES string of the molecule is CNC(Cc1cccc(OC)c1F)c1cc(Cl)cc(Br)c1. The van der Waals surface area contributed by atoms with Gasteiger partial charge in [0.25, 0.3) is 0 Å². The van der Waals surface area contributed by atoms with E-state index in [0.717, 1.165) is 10.0 Å². The van der Waals surface area contributed by atoms with Crippen LogP contribution in [0.1, 0.15) is 17.2 Å². The van der Waals surface area contributed by atoms with Gasteiger partial charge in [0.1, 0.15) is 0 Å². The van der Waals surface area contributed by atoms with E-state index in [2.05, 4.69) is 21.2 Å². The number of hydrogen-bond donors (Lipinski definition) is 1. The first-order valence-corrected chi connectivity index (χ1v) is 7.67. The van der Waals surface area contributed by atoms with Gasteiger partial charge in [-0.25, -0.2) is 4.39 Å². The first-order chi connectivity index (χ1) is 10.0. The normalized spacial score (nSPS) is 12.2. The molecule has 0 aliphatic heterocycles. The molecule has 0 radical (unpaired) electrons. The Labute approximate surface area is 137 Å². The molecule has 112 valence electrons. The van der Waals surface area contributed by atoms with Crippen molar-refractivity contribution >= 4 is 27.5 Å². The highest BCUT2D eigenvalue weighted by Gasteiger charge is 2.16. The Kier molecular flexibility index (Phi) is 5.62. The number of likely N-dealkylation sites (N-methyl/N-ethyl adjacent to an activating group) is 1. The van der Waals surface area contributed by atoms with Gasteiger partial charge < -0.3 is 10.1 Å². The third-order valence-electron chi connectivity index (χ3n) is 3.32. The zero-order valence-corrected chi connectivity index (χ0v) is 14.1. The Morgan fingerprint density at radius 3 is 2.71 bits per heavy atom. The number of methoxy groups -OCH3 is 1. The molecule has 0 aliphatic rings. The Hall–Kier alpha value is -1.10.